The van der Waals surface area contributed by atoms with Crippen molar-refractivity contribution < 1.29 is 52.8 Å². The molecule has 1 aromatic heterocycles. The molecule has 1 heterocycles. The van der Waals surface area contributed by atoms with Gasteiger partial charge in [0.2, 0.25) is 0 Å². The molecule has 0 bridgehead atoms. The average molecular weight is 298 g/mol. The summed E-state index contributed by atoms with van der Waals surface area (Å²) >= 11 is 3.46. The Morgan fingerprint density at radius 1 is 0.875 bits per heavy atom. The molecule has 74 valence electrons. The first-order valence-corrected chi connectivity index (χ1v) is 5.57. The minimum atomic E-state index is 0. The molecule has 2 aromatic carbocycles. The zero-order valence-electron chi connectivity index (χ0n) is 9.94. The Hall–Kier alpha value is 0.226. The van der Waals surface area contributed by atoms with E-state index in [0.717, 1.165) is 15.5 Å². The van der Waals surface area contributed by atoms with Crippen LogP contribution in [0.2, 0.25) is 0 Å². The summed E-state index contributed by atoms with van der Waals surface area (Å²) in [7, 11) is 0. The maximum Gasteiger partial charge on any atom is 1.00 e. The molecule has 0 saturated heterocycles. The molecule has 3 heteroatoms. The number of pyridine rings is 1. The van der Waals surface area contributed by atoms with Gasteiger partial charge in [0.15, 0.2) is 0 Å². The van der Waals surface area contributed by atoms with Crippen LogP contribution in [0, 0.1) is 0 Å². The summed E-state index contributed by atoms with van der Waals surface area (Å²) in [6.45, 7) is 0. The van der Waals surface area contributed by atoms with Crippen molar-refractivity contribution in [3.8, 4) is 0 Å². The maximum atomic E-state index is 4.61. The van der Waals surface area contributed by atoms with Gasteiger partial charge in [0.05, 0.1) is 11.0 Å². The van der Waals surface area contributed by atoms with Gasteiger partial charge in [0.1, 0.15) is 0 Å². The third kappa shape index (κ3) is 2.40. The van der Waals surface area contributed by atoms with Gasteiger partial charge in [0, 0.05) is 15.2 Å². The minimum Gasteiger partial charge on any atom is -1.00 e. The third-order valence-corrected chi connectivity index (χ3v) is 2.97. The van der Waals surface area contributed by atoms with Crippen molar-refractivity contribution in [2.45, 2.75) is 0 Å². The fourth-order valence-corrected chi connectivity index (χ4v) is 2.09. The number of aromatic nitrogens is 1. The van der Waals surface area contributed by atoms with E-state index in [4.69, 9.17) is 0 Å². The quantitative estimate of drug-likeness (QED) is 0.450. The second-order valence-electron chi connectivity index (χ2n) is 3.52. The number of hydrogen-bond donors (Lipinski definition) is 0. The first-order valence-electron chi connectivity index (χ1n) is 4.78. The molecular formula is C13H9BrKN. The summed E-state index contributed by atoms with van der Waals surface area (Å²) in [5, 5.41) is 2.37. The number of benzene rings is 2. The molecular weight excluding hydrogens is 289 g/mol. The van der Waals surface area contributed by atoms with Crippen molar-refractivity contribution in [2.24, 2.45) is 0 Å². The molecule has 0 saturated carbocycles. The van der Waals surface area contributed by atoms with E-state index in [9.17, 15) is 0 Å². The number of rotatable bonds is 0. The molecule has 1 nitrogen and oxygen atoms in total. The molecule has 0 amide bonds. The van der Waals surface area contributed by atoms with E-state index in [0.29, 0.717) is 0 Å². The van der Waals surface area contributed by atoms with E-state index in [-0.39, 0.29) is 52.8 Å². The van der Waals surface area contributed by atoms with Gasteiger partial charge in [-0.15, -0.1) is 0 Å². The van der Waals surface area contributed by atoms with Crippen molar-refractivity contribution in [2.75, 3.05) is 0 Å². The summed E-state index contributed by atoms with van der Waals surface area (Å²) in [5.74, 6) is 0. The van der Waals surface area contributed by atoms with E-state index in [2.05, 4.69) is 39.1 Å². The van der Waals surface area contributed by atoms with Crippen molar-refractivity contribution in [3.63, 3.8) is 0 Å². The summed E-state index contributed by atoms with van der Waals surface area (Å²) in [6, 6.07) is 16.5. The zero-order valence-corrected chi connectivity index (χ0v) is 13.7. The average Bonchev–Trinajstić information content (AvgIpc) is 2.26. The monoisotopic (exact) mass is 297 g/mol. The number of nitrogens with zero attached hydrogens (tertiary/aromatic N) is 1. The largest absolute Gasteiger partial charge is 1.00 e. The van der Waals surface area contributed by atoms with Gasteiger partial charge in [-0.25, -0.2) is 4.98 Å². The molecule has 0 fully saturated rings. The van der Waals surface area contributed by atoms with E-state index >= 15 is 0 Å². The van der Waals surface area contributed by atoms with Crippen LogP contribution < -0.4 is 51.4 Å². The first-order chi connectivity index (χ1) is 7.33. The Balaban J connectivity index is 0.000000722. The van der Waals surface area contributed by atoms with Crippen LogP contribution >= 0.6 is 15.9 Å². The van der Waals surface area contributed by atoms with Crippen LogP contribution in [-0.2, 0) is 0 Å². The molecule has 0 radical (unpaired) electrons. The van der Waals surface area contributed by atoms with Crippen LogP contribution in [-0.4, -0.2) is 4.98 Å². The molecule has 3 rings (SSSR count). The zero-order chi connectivity index (χ0) is 10.3. The molecule has 0 aliphatic heterocycles. The van der Waals surface area contributed by atoms with Crippen molar-refractivity contribution in [3.05, 3.63) is 53.0 Å². The molecule has 0 aliphatic rings. The molecule has 0 atom stereocenters. The second-order valence-corrected chi connectivity index (χ2v) is 4.43. The van der Waals surface area contributed by atoms with Gasteiger partial charge in [-0.05, 0) is 24.3 Å². The Morgan fingerprint density at radius 2 is 1.62 bits per heavy atom. The van der Waals surface area contributed by atoms with Crippen molar-refractivity contribution >= 4 is 37.7 Å². The van der Waals surface area contributed by atoms with Crippen LogP contribution in [0.25, 0.3) is 21.8 Å². The molecule has 0 unspecified atom stereocenters. The summed E-state index contributed by atoms with van der Waals surface area (Å²) in [5.41, 5.74) is 2.08. The van der Waals surface area contributed by atoms with Crippen LogP contribution in [0.1, 0.15) is 1.43 Å². The SMILES string of the molecule is Brc1ccc2cc3ccccc3nc2c1.[H-].[K+]. The van der Waals surface area contributed by atoms with Gasteiger partial charge in [-0.2, -0.15) is 0 Å². The van der Waals surface area contributed by atoms with Crippen LogP contribution in [0.15, 0.2) is 53.0 Å². The van der Waals surface area contributed by atoms with Gasteiger partial charge in [0.25, 0.3) is 0 Å². The van der Waals surface area contributed by atoms with E-state index in [1.165, 1.54) is 10.8 Å². The summed E-state index contributed by atoms with van der Waals surface area (Å²) < 4.78 is 1.07. The van der Waals surface area contributed by atoms with Gasteiger partial charge < -0.3 is 1.43 Å². The number of para-hydroxylation sites is 1. The number of halogens is 1. The maximum absolute atomic E-state index is 4.61. The van der Waals surface area contributed by atoms with Crippen LogP contribution in [0.5, 0.6) is 0 Å². The van der Waals surface area contributed by atoms with Gasteiger partial charge >= 0.3 is 51.4 Å². The molecule has 16 heavy (non-hydrogen) atoms. The minimum absolute atomic E-state index is 0. The Morgan fingerprint density at radius 3 is 2.50 bits per heavy atom. The normalized spacial score (nSPS) is 10.3. The van der Waals surface area contributed by atoms with Crippen LogP contribution in [0.4, 0.5) is 0 Å². The molecule has 0 aliphatic carbocycles. The van der Waals surface area contributed by atoms with Crippen molar-refractivity contribution in [1.82, 2.24) is 4.98 Å². The van der Waals surface area contributed by atoms with Gasteiger partial charge in [-0.1, -0.05) is 40.2 Å². The van der Waals surface area contributed by atoms with Crippen molar-refractivity contribution in [1.29, 1.82) is 0 Å². The topological polar surface area (TPSA) is 12.9 Å². The van der Waals surface area contributed by atoms with Crippen LogP contribution in [0.3, 0.4) is 0 Å². The summed E-state index contributed by atoms with van der Waals surface area (Å²) in [4.78, 5) is 4.61. The van der Waals surface area contributed by atoms with E-state index in [1.807, 2.05) is 30.3 Å². The van der Waals surface area contributed by atoms with Gasteiger partial charge in [-0.3, -0.25) is 0 Å². The third-order valence-electron chi connectivity index (χ3n) is 2.48. The predicted octanol–water partition coefficient (Wildman–Crippen LogP) is 1.27. The fourth-order valence-electron chi connectivity index (χ4n) is 1.74. The van der Waals surface area contributed by atoms with E-state index in [1.54, 1.807) is 0 Å². The standard InChI is InChI=1S/C13H8BrN.K.H/c14-11-6-5-10-7-9-3-1-2-4-12(9)15-13(10)8-11;;/h1-8H;;/q;+1;-1. The first kappa shape index (κ1) is 12.7. The smallest absolute Gasteiger partial charge is 1.00 e. The predicted molar refractivity (Wildman–Crippen MR) is 68.1 cm³/mol. The summed E-state index contributed by atoms with van der Waals surface area (Å²) in [6.07, 6.45) is 0. The fraction of sp³-hybridized carbons (Fsp3) is 0. The Labute approximate surface area is 146 Å². The molecule has 0 spiro atoms. The Bertz CT molecular complexity index is 657. The molecule has 0 N–H and O–H groups in total. The second kappa shape index (κ2) is 5.25. The number of fused-ring (bicyclic) bond motifs is 2. The molecule has 3 aromatic rings. The van der Waals surface area contributed by atoms with E-state index < -0.39 is 0 Å². The number of hydrogen-bond acceptors (Lipinski definition) is 1. The Kier molecular flexibility index (Phi) is 4.16.